The SMILES string of the molecule is NC(=O)CN(Cc1cc(F)cc(F)c1)C(=O)c1ccccc1. The van der Waals surface area contributed by atoms with E-state index < -0.39 is 23.4 Å². The summed E-state index contributed by atoms with van der Waals surface area (Å²) in [7, 11) is 0. The van der Waals surface area contributed by atoms with Crippen molar-refractivity contribution in [2.45, 2.75) is 6.54 Å². The van der Waals surface area contributed by atoms with Gasteiger partial charge in [-0.1, -0.05) is 18.2 Å². The lowest BCUT2D eigenvalue weighted by molar-refractivity contribution is -0.118. The fraction of sp³-hybridized carbons (Fsp3) is 0.125. The van der Waals surface area contributed by atoms with Crippen molar-refractivity contribution in [3.05, 3.63) is 71.3 Å². The van der Waals surface area contributed by atoms with Crippen LogP contribution in [0.3, 0.4) is 0 Å². The van der Waals surface area contributed by atoms with Gasteiger partial charge in [-0.25, -0.2) is 8.78 Å². The highest BCUT2D eigenvalue weighted by Crippen LogP contribution is 2.13. The Morgan fingerprint density at radius 3 is 2.14 bits per heavy atom. The second-order valence-electron chi connectivity index (χ2n) is 4.77. The smallest absolute Gasteiger partial charge is 0.254 e. The molecule has 0 unspecified atom stereocenters. The van der Waals surface area contributed by atoms with E-state index in [2.05, 4.69) is 0 Å². The normalized spacial score (nSPS) is 10.3. The van der Waals surface area contributed by atoms with Crippen LogP contribution in [0.4, 0.5) is 8.78 Å². The molecule has 0 saturated heterocycles. The van der Waals surface area contributed by atoms with E-state index in [9.17, 15) is 18.4 Å². The maximum Gasteiger partial charge on any atom is 0.254 e. The molecule has 2 amide bonds. The molecule has 0 heterocycles. The van der Waals surface area contributed by atoms with Crippen molar-refractivity contribution in [1.82, 2.24) is 4.90 Å². The number of primary amides is 1. The summed E-state index contributed by atoms with van der Waals surface area (Å²) in [5.41, 5.74) is 5.74. The number of amides is 2. The van der Waals surface area contributed by atoms with Crippen molar-refractivity contribution >= 4 is 11.8 Å². The zero-order valence-corrected chi connectivity index (χ0v) is 11.6. The maximum atomic E-state index is 13.2. The monoisotopic (exact) mass is 304 g/mol. The molecular weight excluding hydrogens is 290 g/mol. The first-order chi connectivity index (χ1) is 10.5. The number of nitrogens with zero attached hydrogens (tertiary/aromatic N) is 1. The zero-order chi connectivity index (χ0) is 16.1. The number of carbonyl (C=O) groups excluding carboxylic acids is 2. The summed E-state index contributed by atoms with van der Waals surface area (Å²) in [6, 6.07) is 11.2. The Morgan fingerprint density at radius 2 is 1.59 bits per heavy atom. The lowest BCUT2D eigenvalue weighted by Gasteiger charge is -2.21. The van der Waals surface area contributed by atoms with E-state index in [1.807, 2.05) is 0 Å². The van der Waals surface area contributed by atoms with Crippen LogP contribution >= 0.6 is 0 Å². The highest BCUT2D eigenvalue weighted by atomic mass is 19.1. The lowest BCUT2D eigenvalue weighted by atomic mass is 10.1. The van der Waals surface area contributed by atoms with Crippen LogP contribution in [-0.2, 0) is 11.3 Å². The van der Waals surface area contributed by atoms with Crippen LogP contribution in [0.1, 0.15) is 15.9 Å². The molecule has 22 heavy (non-hydrogen) atoms. The van der Waals surface area contributed by atoms with Gasteiger partial charge in [-0.2, -0.15) is 0 Å². The van der Waals surface area contributed by atoms with Crippen molar-refractivity contribution in [2.75, 3.05) is 6.54 Å². The Kier molecular flexibility index (Phi) is 4.83. The number of carbonyl (C=O) groups is 2. The first-order valence-electron chi connectivity index (χ1n) is 6.53. The molecule has 2 N–H and O–H groups in total. The molecule has 0 radical (unpaired) electrons. The van der Waals surface area contributed by atoms with E-state index >= 15 is 0 Å². The van der Waals surface area contributed by atoms with Gasteiger partial charge >= 0.3 is 0 Å². The molecule has 2 rings (SSSR count). The molecule has 0 aromatic heterocycles. The molecule has 0 atom stereocenters. The molecule has 6 heteroatoms. The predicted octanol–water partition coefficient (Wildman–Crippen LogP) is 2.09. The minimum absolute atomic E-state index is 0.120. The average molecular weight is 304 g/mol. The topological polar surface area (TPSA) is 63.4 Å². The van der Waals surface area contributed by atoms with Crippen LogP contribution in [0.15, 0.2) is 48.5 Å². The number of benzene rings is 2. The Hall–Kier alpha value is -2.76. The third-order valence-corrected chi connectivity index (χ3v) is 2.95. The van der Waals surface area contributed by atoms with Gasteiger partial charge in [-0.3, -0.25) is 9.59 Å². The Labute approximate surface area is 126 Å². The van der Waals surface area contributed by atoms with Crippen molar-refractivity contribution in [3.8, 4) is 0 Å². The van der Waals surface area contributed by atoms with Crippen LogP contribution in [0, 0.1) is 11.6 Å². The van der Waals surface area contributed by atoms with Gasteiger partial charge in [0.1, 0.15) is 11.6 Å². The first-order valence-corrected chi connectivity index (χ1v) is 6.53. The van der Waals surface area contributed by atoms with Gasteiger partial charge in [0, 0.05) is 18.2 Å². The van der Waals surface area contributed by atoms with Gasteiger partial charge in [0.2, 0.25) is 5.91 Å². The molecule has 0 bridgehead atoms. The second kappa shape index (κ2) is 6.80. The average Bonchev–Trinajstić information content (AvgIpc) is 2.45. The summed E-state index contributed by atoms with van der Waals surface area (Å²) in [6.07, 6.45) is 0. The molecule has 0 aliphatic carbocycles. The highest BCUT2D eigenvalue weighted by molar-refractivity contribution is 5.96. The fourth-order valence-corrected chi connectivity index (χ4v) is 2.07. The lowest BCUT2D eigenvalue weighted by Crippen LogP contribution is -2.38. The molecule has 4 nitrogen and oxygen atoms in total. The first kappa shape index (κ1) is 15.6. The van der Waals surface area contributed by atoms with E-state index in [1.54, 1.807) is 30.3 Å². The largest absolute Gasteiger partial charge is 0.368 e. The molecule has 0 saturated carbocycles. The van der Waals surface area contributed by atoms with E-state index in [0.717, 1.165) is 23.1 Å². The molecule has 0 fully saturated rings. The summed E-state index contributed by atoms with van der Waals surface area (Å²) < 4.78 is 26.5. The van der Waals surface area contributed by atoms with E-state index in [0.29, 0.717) is 5.56 Å². The number of nitrogens with two attached hydrogens (primary N) is 1. The van der Waals surface area contributed by atoms with Crippen LogP contribution < -0.4 is 5.73 Å². The molecule has 2 aromatic carbocycles. The molecule has 0 spiro atoms. The van der Waals surface area contributed by atoms with Gasteiger partial charge in [-0.05, 0) is 29.8 Å². The van der Waals surface area contributed by atoms with Crippen molar-refractivity contribution in [2.24, 2.45) is 5.73 Å². The van der Waals surface area contributed by atoms with Crippen molar-refractivity contribution in [1.29, 1.82) is 0 Å². The van der Waals surface area contributed by atoms with Gasteiger partial charge in [0.15, 0.2) is 0 Å². The van der Waals surface area contributed by atoms with Gasteiger partial charge in [0.05, 0.1) is 6.54 Å². The van der Waals surface area contributed by atoms with Crippen LogP contribution in [0.5, 0.6) is 0 Å². The summed E-state index contributed by atoms with van der Waals surface area (Å²) in [6.45, 7) is -0.461. The summed E-state index contributed by atoms with van der Waals surface area (Å²) >= 11 is 0. The summed E-state index contributed by atoms with van der Waals surface area (Å²) in [5.74, 6) is -2.65. The van der Waals surface area contributed by atoms with E-state index in [1.165, 1.54) is 0 Å². The van der Waals surface area contributed by atoms with Crippen molar-refractivity contribution in [3.63, 3.8) is 0 Å². The Bertz CT molecular complexity index is 670. The van der Waals surface area contributed by atoms with E-state index in [-0.39, 0.29) is 18.7 Å². The predicted molar refractivity (Wildman–Crippen MR) is 76.7 cm³/mol. The number of hydrogen-bond donors (Lipinski definition) is 1. The van der Waals surface area contributed by atoms with Crippen LogP contribution in [0.2, 0.25) is 0 Å². The maximum absolute atomic E-state index is 13.2. The van der Waals surface area contributed by atoms with Crippen LogP contribution in [0.25, 0.3) is 0 Å². The van der Waals surface area contributed by atoms with Crippen molar-refractivity contribution < 1.29 is 18.4 Å². The molecule has 114 valence electrons. The number of halogens is 2. The highest BCUT2D eigenvalue weighted by Gasteiger charge is 2.18. The quantitative estimate of drug-likeness (QED) is 0.919. The third-order valence-electron chi connectivity index (χ3n) is 2.95. The Morgan fingerprint density at radius 1 is 1.00 bits per heavy atom. The second-order valence-corrected chi connectivity index (χ2v) is 4.77. The molecular formula is C16H14F2N2O2. The summed E-state index contributed by atoms with van der Waals surface area (Å²) in [4.78, 5) is 24.7. The van der Waals surface area contributed by atoms with Gasteiger partial charge in [-0.15, -0.1) is 0 Å². The minimum Gasteiger partial charge on any atom is -0.368 e. The zero-order valence-electron chi connectivity index (χ0n) is 11.6. The Balaban J connectivity index is 2.26. The summed E-state index contributed by atoms with van der Waals surface area (Å²) in [5, 5.41) is 0. The molecule has 2 aromatic rings. The fourth-order valence-electron chi connectivity index (χ4n) is 2.07. The van der Waals surface area contributed by atoms with Gasteiger partial charge in [0.25, 0.3) is 5.91 Å². The standard InChI is InChI=1S/C16H14F2N2O2/c17-13-6-11(7-14(18)8-13)9-20(10-15(19)21)16(22)12-4-2-1-3-5-12/h1-8H,9-10H2,(H2,19,21). The minimum atomic E-state index is -0.749. The van der Waals surface area contributed by atoms with Crippen LogP contribution in [-0.4, -0.2) is 23.3 Å². The van der Waals surface area contributed by atoms with E-state index in [4.69, 9.17) is 5.73 Å². The number of rotatable bonds is 5. The van der Waals surface area contributed by atoms with Gasteiger partial charge < -0.3 is 10.6 Å². The number of hydrogen-bond acceptors (Lipinski definition) is 2. The molecule has 0 aliphatic heterocycles. The molecule has 0 aliphatic rings. The third kappa shape index (κ3) is 4.12.